The van der Waals surface area contributed by atoms with Gasteiger partial charge in [0.05, 0.1) is 11.7 Å². The smallest absolute Gasteiger partial charge is 0.374 e. The average molecular weight is 477 g/mol. The van der Waals surface area contributed by atoms with Crippen LogP contribution in [0.5, 0.6) is 0 Å². The van der Waals surface area contributed by atoms with Gasteiger partial charge >= 0.3 is 5.97 Å². The molecule has 0 amide bonds. The van der Waals surface area contributed by atoms with Crippen LogP contribution in [-0.2, 0) is 0 Å². The normalized spacial score (nSPS) is 19.1. The summed E-state index contributed by atoms with van der Waals surface area (Å²) in [5, 5.41) is 10.5. The maximum absolute atomic E-state index is 12.0. The van der Waals surface area contributed by atoms with E-state index in [2.05, 4.69) is 76.9 Å². The molecular formula is C27H29ClN4O2. The molecule has 7 heteroatoms. The predicted octanol–water partition coefficient (Wildman–Crippen LogP) is 6.37. The molecular weight excluding hydrogens is 448 g/mol. The van der Waals surface area contributed by atoms with Crippen LogP contribution in [0.1, 0.15) is 77.8 Å². The van der Waals surface area contributed by atoms with Crippen molar-refractivity contribution in [2.24, 2.45) is 5.92 Å². The highest BCUT2D eigenvalue weighted by Crippen LogP contribution is 2.54. The highest BCUT2D eigenvalue weighted by molar-refractivity contribution is 6.30. The van der Waals surface area contributed by atoms with Gasteiger partial charge in [-0.3, -0.25) is 0 Å². The molecule has 5 rings (SSSR count). The first-order valence-electron chi connectivity index (χ1n) is 11.7. The zero-order valence-corrected chi connectivity index (χ0v) is 20.6. The number of nitrogens with zero attached hydrogens (tertiary/aromatic N) is 4. The topological polar surface area (TPSA) is 69.6 Å². The number of rotatable bonds is 6. The monoisotopic (exact) mass is 476 g/mol. The molecule has 34 heavy (non-hydrogen) atoms. The van der Waals surface area contributed by atoms with Gasteiger partial charge in [-0.15, -0.1) is 0 Å². The lowest BCUT2D eigenvalue weighted by Gasteiger charge is -2.36. The second-order valence-electron chi connectivity index (χ2n) is 9.57. The largest absolute Gasteiger partial charge is 0.475 e. The maximum atomic E-state index is 12.0. The molecule has 2 heterocycles. The summed E-state index contributed by atoms with van der Waals surface area (Å²) >= 11 is 6.18. The van der Waals surface area contributed by atoms with Gasteiger partial charge in [0.15, 0.2) is 5.82 Å². The van der Waals surface area contributed by atoms with E-state index in [-0.39, 0.29) is 23.9 Å². The van der Waals surface area contributed by atoms with Crippen molar-refractivity contribution in [2.75, 3.05) is 16.8 Å². The first-order valence-corrected chi connectivity index (χ1v) is 12.1. The van der Waals surface area contributed by atoms with Gasteiger partial charge in [0.25, 0.3) is 0 Å². The van der Waals surface area contributed by atoms with Crippen LogP contribution in [0.15, 0.2) is 48.5 Å². The Hall–Kier alpha value is -3.12. The summed E-state index contributed by atoms with van der Waals surface area (Å²) in [6, 6.07) is 16.4. The van der Waals surface area contributed by atoms with Gasteiger partial charge in [0.2, 0.25) is 5.82 Å². The number of aromatic nitrogens is 2. The Bertz CT molecular complexity index is 1240. The third-order valence-electron chi connectivity index (χ3n) is 7.18. The molecule has 3 aromatic rings. The molecule has 1 fully saturated rings. The molecule has 1 aromatic heterocycles. The predicted molar refractivity (Wildman–Crippen MR) is 135 cm³/mol. The van der Waals surface area contributed by atoms with Crippen molar-refractivity contribution in [1.82, 2.24) is 9.97 Å². The minimum absolute atomic E-state index is 0.0177. The summed E-state index contributed by atoms with van der Waals surface area (Å²) in [5.41, 5.74) is 5.18. The fraction of sp³-hybridized carbons (Fsp3) is 0.370. The molecule has 1 aliphatic carbocycles. The summed E-state index contributed by atoms with van der Waals surface area (Å²) < 4.78 is 0. The molecule has 0 bridgehead atoms. The van der Waals surface area contributed by atoms with Crippen molar-refractivity contribution in [1.29, 1.82) is 0 Å². The fourth-order valence-electron chi connectivity index (χ4n) is 5.13. The van der Waals surface area contributed by atoms with Gasteiger partial charge in [0.1, 0.15) is 11.9 Å². The van der Waals surface area contributed by atoms with Gasteiger partial charge in [-0.2, -0.15) is 0 Å². The molecule has 2 unspecified atom stereocenters. The summed E-state index contributed by atoms with van der Waals surface area (Å²) in [7, 11) is 1.99. The minimum atomic E-state index is -1.10. The third kappa shape index (κ3) is 3.90. The molecule has 0 saturated heterocycles. The molecule has 6 nitrogen and oxygen atoms in total. The lowest BCUT2D eigenvalue weighted by molar-refractivity contribution is 0.0683. The summed E-state index contributed by atoms with van der Waals surface area (Å²) in [6.07, 6.45) is 2.14. The fourth-order valence-corrected chi connectivity index (χ4v) is 5.26. The zero-order chi connectivity index (χ0) is 24.1. The van der Waals surface area contributed by atoms with E-state index in [4.69, 9.17) is 11.6 Å². The molecule has 0 spiro atoms. The standard InChI is InChI=1S/C27H29ClN4O2/c1-15-6-5-7-20(14-15)26-31(4)25-23(32(26)17(3)19-10-12-21(28)13-11-19)22(16(2)18-8-9-18)29-24(30-25)27(33)34/h5-7,10-14,16-18,26H,8-9H2,1-4H3,(H,33,34)/t16-,17?,26?/m1/s1. The van der Waals surface area contributed by atoms with Gasteiger partial charge < -0.3 is 14.9 Å². The molecule has 1 saturated carbocycles. The van der Waals surface area contributed by atoms with Crippen LogP contribution in [0.25, 0.3) is 0 Å². The number of carboxylic acid groups (broad SMARTS) is 1. The number of benzene rings is 2. The molecule has 1 N–H and O–H groups in total. The lowest BCUT2D eigenvalue weighted by atomic mass is 9.98. The highest BCUT2D eigenvalue weighted by Gasteiger charge is 2.44. The van der Waals surface area contributed by atoms with Crippen molar-refractivity contribution in [3.63, 3.8) is 0 Å². The molecule has 176 valence electrons. The van der Waals surface area contributed by atoms with Crippen LogP contribution in [0.3, 0.4) is 0 Å². The van der Waals surface area contributed by atoms with E-state index in [0.29, 0.717) is 16.8 Å². The van der Waals surface area contributed by atoms with E-state index in [9.17, 15) is 9.90 Å². The SMILES string of the molecule is Cc1cccc(C2N(C)c3nc(C(=O)O)nc([C@H](C)C4CC4)c3N2C(C)c2ccc(Cl)cc2)c1. The third-order valence-corrected chi connectivity index (χ3v) is 7.43. The van der Waals surface area contributed by atoms with Gasteiger partial charge in [-0.05, 0) is 55.9 Å². The number of anilines is 2. The quantitative estimate of drug-likeness (QED) is 0.446. The Kier molecular flexibility index (Phi) is 5.72. The Morgan fingerprint density at radius 2 is 1.82 bits per heavy atom. The van der Waals surface area contributed by atoms with E-state index in [0.717, 1.165) is 35.3 Å². The first kappa shape index (κ1) is 22.7. The van der Waals surface area contributed by atoms with Crippen molar-refractivity contribution in [3.8, 4) is 0 Å². The van der Waals surface area contributed by atoms with E-state index in [1.807, 2.05) is 19.2 Å². The van der Waals surface area contributed by atoms with Crippen molar-refractivity contribution < 1.29 is 9.90 Å². The number of carbonyl (C=O) groups is 1. The van der Waals surface area contributed by atoms with Crippen molar-refractivity contribution in [3.05, 3.63) is 81.8 Å². The Morgan fingerprint density at radius 3 is 2.44 bits per heavy atom. The van der Waals surface area contributed by atoms with Crippen LogP contribution in [-0.4, -0.2) is 28.1 Å². The van der Waals surface area contributed by atoms with Gasteiger partial charge in [-0.25, -0.2) is 14.8 Å². The number of halogens is 1. The van der Waals surface area contributed by atoms with E-state index < -0.39 is 5.97 Å². The number of carboxylic acids is 1. The number of fused-ring (bicyclic) bond motifs is 1. The summed E-state index contributed by atoms with van der Waals surface area (Å²) in [4.78, 5) is 25.6. The summed E-state index contributed by atoms with van der Waals surface area (Å²) in [5.74, 6) is 0.104. The van der Waals surface area contributed by atoms with Crippen LogP contribution < -0.4 is 9.80 Å². The molecule has 2 aromatic carbocycles. The number of aryl methyl sites for hydroxylation is 1. The minimum Gasteiger partial charge on any atom is -0.475 e. The molecule has 0 radical (unpaired) electrons. The average Bonchev–Trinajstić information content (AvgIpc) is 3.62. The van der Waals surface area contributed by atoms with E-state index in [1.54, 1.807) is 0 Å². The summed E-state index contributed by atoms with van der Waals surface area (Å²) in [6.45, 7) is 6.42. The lowest BCUT2D eigenvalue weighted by Crippen LogP contribution is -2.35. The van der Waals surface area contributed by atoms with Crippen molar-refractivity contribution in [2.45, 2.75) is 51.7 Å². The molecule has 2 aliphatic rings. The Morgan fingerprint density at radius 1 is 1.12 bits per heavy atom. The molecule has 3 atom stereocenters. The van der Waals surface area contributed by atoms with Gasteiger partial charge in [-0.1, -0.05) is 60.5 Å². The van der Waals surface area contributed by atoms with Crippen LogP contribution >= 0.6 is 11.6 Å². The Labute approximate surface area is 205 Å². The highest BCUT2D eigenvalue weighted by atomic mass is 35.5. The van der Waals surface area contributed by atoms with Crippen LogP contribution in [0.2, 0.25) is 5.02 Å². The Balaban J connectivity index is 1.73. The van der Waals surface area contributed by atoms with Gasteiger partial charge in [0, 0.05) is 18.0 Å². The van der Waals surface area contributed by atoms with E-state index in [1.165, 1.54) is 5.56 Å². The van der Waals surface area contributed by atoms with Crippen molar-refractivity contribution >= 4 is 29.1 Å². The van der Waals surface area contributed by atoms with Crippen LogP contribution in [0, 0.1) is 12.8 Å². The number of aromatic carboxylic acids is 1. The zero-order valence-electron chi connectivity index (χ0n) is 19.9. The maximum Gasteiger partial charge on any atom is 0.374 e. The number of hydrogen-bond acceptors (Lipinski definition) is 5. The van der Waals surface area contributed by atoms with Crippen LogP contribution in [0.4, 0.5) is 11.5 Å². The second kappa shape index (κ2) is 8.58. The second-order valence-corrected chi connectivity index (χ2v) is 10.0. The molecule has 1 aliphatic heterocycles. The van der Waals surface area contributed by atoms with E-state index >= 15 is 0 Å². The number of hydrogen-bond donors (Lipinski definition) is 1. The first-order chi connectivity index (χ1) is 16.3.